The Morgan fingerprint density at radius 2 is 2.24 bits per heavy atom. The van der Waals surface area contributed by atoms with E-state index in [-0.39, 0.29) is 18.8 Å². The van der Waals surface area contributed by atoms with E-state index in [1.54, 1.807) is 12.1 Å². The predicted molar refractivity (Wildman–Crippen MR) is 60.1 cm³/mol. The van der Waals surface area contributed by atoms with Crippen molar-refractivity contribution < 1.29 is 14.5 Å². The van der Waals surface area contributed by atoms with Crippen molar-refractivity contribution in [3.05, 3.63) is 39.9 Å². The number of carbonyl (C=O) groups excluding carboxylic acids is 1. The average molecular weight is 234 g/mol. The summed E-state index contributed by atoms with van der Waals surface area (Å²) in [5.74, 6) is 2.21. The fourth-order valence-corrected chi connectivity index (χ4v) is 1.13. The van der Waals surface area contributed by atoms with E-state index in [0.717, 1.165) is 0 Å². The molecule has 0 radical (unpaired) electrons. The van der Waals surface area contributed by atoms with Crippen molar-refractivity contribution in [2.45, 2.75) is 6.61 Å². The van der Waals surface area contributed by atoms with E-state index in [2.05, 4.69) is 11.2 Å². The molecule has 0 unspecified atom stereocenters. The predicted octanol–water partition coefficient (Wildman–Crippen LogP) is 1.45. The van der Waals surface area contributed by atoms with Crippen LogP contribution in [0, 0.1) is 22.5 Å². The number of rotatable bonds is 4. The van der Waals surface area contributed by atoms with Crippen LogP contribution in [0.15, 0.2) is 24.3 Å². The number of para-hydroxylation sites is 1. The molecule has 17 heavy (non-hydrogen) atoms. The molecule has 0 aliphatic rings. The summed E-state index contributed by atoms with van der Waals surface area (Å²) >= 11 is 0. The molecule has 0 saturated carbocycles. The van der Waals surface area contributed by atoms with Crippen LogP contribution in [0.1, 0.15) is 5.56 Å². The molecule has 0 atom stereocenters. The molecule has 0 saturated heterocycles. The number of nitrogens with one attached hydrogen (secondary N) is 1. The van der Waals surface area contributed by atoms with E-state index in [4.69, 9.17) is 11.2 Å². The average Bonchev–Trinajstić information content (AvgIpc) is 2.34. The van der Waals surface area contributed by atoms with E-state index in [1.165, 1.54) is 12.1 Å². The normalized spacial score (nSPS) is 9.12. The number of alkyl carbamates (subject to hydrolysis) is 1. The summed E-state index contributed by atoms with van der Waals surface area (Å²) in [7, 11) is 0. The third-order valence-electron chi connectivity index (χ3n) is 1.88. The summed E-state index contributed by atoms with van der Waals surface area (Å²) in [5, 5.41) is 12.9. The number of hydrogen-bond acceptors (Lipinski definition) is 4. The zero-order valence-electron chi connectivity index (χ0n) is 8.88. The Balaban J connectivity index is 2.61. The Bertz CT molecular complexity index is 465. The van der Waals surface area contributed by atoms with Crippen molar-refractivity contribution in [1.29, 1.82) is 0 Å². The molecule has 6 heteroatoms. The maximum absolute atomic E-state index is 11.1. The second kappa shape index (κ2) is 6.12. The van der Waals surface area contributed by atoms with Gasteiger partial charge in [-0.05, 0) is 6.07 Å². The van der Waals surface area contributed by atoms with Crippen LogP contribution in [-0.2, 0) is 11.3 Å². The number of amides is 1. The summed E-state index contributed by atoms with van der Waals surface area (Å²) in [5.41, 5.74) is 0.241. The van der Waals surface area contributed by atoms with E-state index in [9.17, 15) is 14.9 Å². The molecule has 0 aliphatic heterocycles. The first kappa shape index (κ1) is 12.5. The van der Waals surface area contributed by atoms with Gasteiger partial charge in [0.2, 0.25) is 0 Å². The van der Waals surface area contributed by atoms with Gasteiger partial charge in [-0.1, -0.05) is 18.1 Å². The van der Waals surface area contributed by atoms with E-state index < -0.39 is 11.0 Å². The molecule has 1 amide bonds. The topological polar surface area (TPSA) is 81.5 Å². The Labute approximate surface area is 97.7 Å². The number of benzene rings is 1. The number of nitro groups is 1. The van der Waals surface area contributed by atoms with Crippen molar-refractivity contribution in [2.24, 2.45) is 0 Å². The second-order valence-electron chi connectivity index (χ2n) is 3.02. The molecule has 0 bridgehead atoms. The lowest BCUT2D eigenvalue weighted by atomic mass is 10.2. The highest BCUT2D eigenvalue weighted by molar-refractivity contribution is 5.67. The summed E-state index contributed by atoms with van der Waals surface area (Å²) in [4.78, 5) is 21.2. The van der Waals surface area contributed by atoms with Crippen LogP contribution in [0.25, 0.3) is 0 Å². The molecule has 0 spiro atoms. The Hall–Kier alpha value is -2.55. The SMILES string of the molecule is C#CCNC(=O)OCc1ccccc1[N+](=O)[O-]. The zero-order valence-corrected chi connectivity index (χ0v) is 8.88. The number of nitrogens with zero attached hydrogens (tertiary/aromatic N) is 1. The van der Waals surface area contributed by atoms with E-state index in [0.29, 0.717) is 5.56 Å². The quantitative estimate of drug-likeness (QED) is 0.485. The monoisotopic (exact) mass is 234 g/mol. The molecule has 0 aromatic heterocycles. The van der Waals surface area contributed by atoms with Crippen molar-refractivity contribution in [1.82, 2.24) is 5.32 Å². The van der Waals surface area contributed by atoms with Crippen molar-refractivity contribution in [3.8, 4) is 12.3 Å². The van der Waals surface area contributed by atoms with Gasteiger partial charge in [0, 0.05) is 6.07 Å². The molecule has 6 nitrogen and oxygen atoms in total. The zero-order chi connectivity index (χ0) is 12.7. The van der Waals surface area contributed by atoms with Gasteiger partial charge in [-0.3, -0.25) is 10.1 Å². The van der Waals surface area contributed by atoms with Gasteiger partial charge in [-0.15, -0.1) is 6.42 Å². The molecule has 1 aromatic rings. The lowest BCUT2D eigenvalue weighted by Crippen LogP contribution is -2.24. The summed E-state index contributed by atoms with van der Waals surface area (Å²) < 4.78 is 4.77. The molecule has 0 fully saturated rings. The first-order valence-corrected chi connectivity index (χ1v) is 4.71. The summed E-state index contributed by atoms with van der Waals surface area (Å²) in [6, 6.07) is 6.04. The summed E-state index contributed by atoms with van der Waals surface area (Å²) in [6.07, 6.45) is 4.23. The van der Waals surface area contributed by atoms with Gasteiger partial charge in [0.25, 0.3) is 5.69 Å². The highest BCUT2D eigenvalue weighted by atomic mass is 16.6. The van der Waals surface area contributed by atoms with Gasteiger partial charge in [-0.2, -0.15) is 0 Å². The molecule has 1 rings (SSSR count). The van der Waals surface area contributed by atoms with Crippen LogP contribution in [0.2, 0.25) is 0 Å². The Morgan fingerprint density at radius 3 is 2.88 bits per heavy atom. The van der Waals surface area contributed by atoms with Crippen molar-refractivity contribution >= 4 is 11.8 Å². The molecule has 88 valence electrons. The minimum atomic E-state index is -0.707. The molecule has 1 N–H and O–H groups in total. The third-order valence-corrected chi connectivity index (χ3v) is 1.88. The lowest BCUT2D eigenvalue weighted by molar-refractivity contribution is -0.385. The highest BCUT2D eigenvalue weighted by Gasteiger charge is 2.13. The fourth-order valence-electron chi connectivity index (χ4n) is 1.13. The fraction of sp³-hybridized carbons (Fsp3) is 0.182. The smallest absolute Gasteiger partial charge is 0.408 e. The van der Waals surface area contributed by atoms with Crippen LogP contribution in [-0.4, -0.2) is 17.6 Å². The van der Waals surface area contributed by atoms with Crippen LogP contribution in [0.5, 0.6) is 0 Å². The second-order valence-corrected chi connectivity index (χ2v) is 3.02. The van der Waals surface area contributed by atoms with Crippen LogP contribution in [0.3, 0.4) is 0 Å². The van der Waals surface area contributed by atoms with E-state index in [1.807, 2.05) is 0 Å². The Kier molecular flexibility index (Phi) is 4.51. The van der Waals surface area contributed by atoms with Gasteiger partial charge in [0.1, 0.15) is 6.61 Å². The largest absolute Gasteiger partial charge is 0.444 e. The molecule has 1 aromatic carbocycles. The van der Waals surface area contributed by atoms with Crippen LogP contribution < -0.4 is 5.32 Å². The standard InChI is InChI=1S/C11H10N2O4/c1-2-7-12-11(14)17-8-9-5-3-4-6-10(9)13(15)16/h1,3-6H,7-8H2,(H,12,14). The van der Waals surface area contributed by atoms with Gasteiger partial charge in [-0.25, -0.2) is 4.79 Å². The lowest BCUT2D eigenvalue weighted by Gasteiger charge is -2.05. The molecular formula is C11H10N2O4. The number of hydrogen-bond donors (Lipinski definition) is 1. The van der Waals surface area contributed by atoms with Gasteiger partial charge >= 0.3 is 6.09 Å². The van der Waals surface area contributed by atoms with Crippen molar-refractivity contribution in [2.75, 3.05) is 6.54 Å². The first-order valence-electron chi connectivity index (χ1n) is 4.71. The number of ether oxygens (including phenoxy) is 1. The number of terminal acetylenes is 1. The Morgan fingerprint density at radius 1 is 1.53 bits per heavy atom. The van der Waals surface area contributed by atoms with Crippen LogP contribution >= 0.6 is 0 Å². The maximum Gasteiger partial charge on any atom is 0.408 e. The van der Waals surface area contributed by atoms with Gasteiger partial charge < -0.3 is 10.1 Å². The van der Waals surface area contributed by atoms with Gasteiger partial charge in [0.05, 0.1) is 17.0 Å². The number of carbonyl (C=O) groups is 1. The third kappa shape index (κ3) is 3.83. The highest BCUT2D eigenvalue weighted by Crippen LogP contribution is 2.18. The minimum absolute atomic E-state index is 0.0513. The molecular weight excluding hydrogens is 224 g/mol. The first-order chi connectivity index (χ1) is 8.15. The van der Waals surface area contributed by atoms with Crippen LogP contribution in [0.4, 0.5) is 10.5 Å². The molecule has 0 heterocycles. The summed E-state index contributed by atoms with van der Waals surface area (Å²) in [6.45, 7) is -0.122. The number of nitro benzene ring substituents is 1. The van der Waals surface area contributed by atoms with Crippen molar-refractivity contribution in [3.63, 3.8) is 0 Å². The van der Waals surface area contributed by atoms with Gasteiger partial charge in [0.15, 0.2) is 0 Å². The maximum atomic E-state index is 11.1. The minimum Gasteiger partial charge on any atom is -0.444 e. The molecule has 0 aliphatic carbocycles. The van der Waals surface area contributed by atoms with E-state index >= 15 is 0 Å².